The number of anilines is 1. The lowest BCUT2D eigenvalue weighted by Gasteiger charge is -2.25. The molecule has 1 N–H and O–H groups in total. The Morgan fingerprint density at radius 2 is 1.73 bits per heavy atom. The summed E-state index contributed by atoms with van der Waals surface area (Å²) in [6.45, 7) is 5.34. The average Bonchev–Trinajstić information content (AvgIpc) is 3.22. The number of aromatic nitrogens is 1. The van der Waals surface area contributed by atoms with Crippen LogP contribution >= 0.6 is 34.8 Å². The van der Waals surface area contributed by atoms with E-state index in [1.165, 1.54) is 30.5 Å². The number of aryl methyl sites for hydroxylation is 1. The lowest BCUT2D eigenvalue weighted by molar-refractivity contribution is -0.119. The highest BCUT2D eigenvalue weighted by molar-refractivity contribution is 7.92. The molecule has 0 saturated carbocycles. The highest BCUT2D eigenvalue weighted by Gasteiger charge is 2.29. The van der Waals surface area contributed by atoms with Crippen LogP contribution in [0.2, 0.25) is 15.1 Å². The number of carbonyl (C=O) groups excluding carboxylic acids is 1. The molecule has 1 amide bonds. The Morgan fingerprint density at radius 3 is 2.44 bits per heavy atom. The molecule has 0 fully saturated rings. The monoisotopic (exact) mass is 632 g/mol. The molecule has 0 aliphatic carbocycles. The van der Waals surface area contributed by atoms with E-state index in [0.29, 0.717) is 33.1 Å². The van der Waals surface area contributed by atoms with Gasteiger partial charge in [0.2, 0.25) is 0 Å². The van der Waals surface area contributed by atoms with Crippen molar-refractivity contribution in [3.8, 4) is 11.4 Å². The van der Waals surface area contributed by atoms with Crippen molar-refractivity contribution in [3.05, 3.63) is 105 Å². The highest BCUT2D eigenvalue weighted by atomic mass is 35.5. The van der Waals surface area contributed by atoms with Crippen LogP contribution in [-0.2, 0) is 14.8 Å². The molecular formula is C29H27Cl3N4O4S. The van der Waals surface area contributed by atoms with E-state index in [1.807, 2.05) is 36.6 Å². The predicted octanol–water partition coefficient (Wildman–Crippen LogP) is 6.80. The van der Waals surface area contributed by atoms with E-state index in [0.717, 1.165) is 21.3 Å². The molecule has 0 unspecified atom stereocenters. The van der Waals surface area contributed by atoms with Gasteiger partial charge in [-0.05, 0) is 75.4 Å². The van der Waals surface area contributed by atoms with Crippen LogP contribution in [0.4, 0.5) is 5.69 Å². The summed E-state index contributed by atoms with van der Waals surface area (Å²) in [7, 11) is -4.18. The zero-order valence-electron chi connectivity index (χ0n) is 22.4. The third-order valence-corrected chi connectivity index (χ3v) is 8.99. The van der Waals surface area contributed by atoms with Crippen molar-refractivity contribution >= 4 is 62.6 Å². The minimum Gasteiger partial charge on any atom is -0.492 e. The van der Waals surface area contributed by atoms with E-state index in [2.05, 4.69) is 10.5 Å². The van der Waals surface area contributed by atoms with E-state index >= 15 is 0 Å². The number of hydrogen-bond acceptors (Lipinski definition) is 5. The molecule has 12 heteroatoms. The number of ether oxygens (including phenoxy) is 1. The van der Waals surface area contributed by atoms with Gasteiger partial charge in [0.1, 0.15) is 12.3 Å². The smallest absolute Gasteiger partial charge is 0.264 e. The Kier molecular flexibility index (Phi) is 9.65. The molecule has 0 radical (unpaired) electrons. The van der Waals surface area contributed by atoms with Crippen molar-refractivity contribution in [1.29, 1.82) is 0 Å². The maximum absolute atomic E-state index is 13.7. The van der Waals surface area contributed by atoms with Gasteiger partial charge < -0.3 is 9.30 Å². The molecule has 1 aromatic heterocycles. The Hall–Kier alpha value is -3.50. The van der Waals surface area contributed by atoms with E-state index in [-0.39, 0.29) is 10.6 Å². The van der Waals surface area contributed by atoms with E-state index in [1.54, 1.807) is 37.3 Å². The van der Waals surface area contributed by atoms with Gasteiger partial charge in [-0.1, -0.05) is 53.0 Å². The molecule has 0 atom stereocenters. The number of rotatable bonds is 10. The maximum atomic E-state index is 13.7. The third-order valence-electron chi connectivity index (χ3n) is 6.16. The average molecular weight is 634 g/mol. The van der Waals surface area contributed by atoms with Crippen LogP contribution < -0.4 is 14.5 Å². The minimum absolute atomic E-state index is 0.0309. The van der Waals surface area contributed by atoms with Gasteiger partial charge in [-0.3, -0.25) is 9.10 Å². The van der Waals surface area contributed by atoms with Crippen LogP contribution in [0.25, 0.3) is 5.69 Å². The van der Waals surface area contributed by atoms with Crippen molar-refractivity contribution in [3.63, 3.8) is 0 Å². The first-order valence-electron chi connectivity index (χ1n) is 12.5. The first-order valence-corrected chi connectivity index (χ1v) is 15.1. The number of nitrogens with one attached hydrogen (secondary N) is 1. The van der Waals surface area contributed by atoms with Crippen molar-refractivity contribution in [1.82, 2.24) is 9.99 Å². The van der Waals surface area contributed by atoms with Crippen molar-refractivity contribution in [2.24, 2.45) is 5.10 Å². The number of para-hydroxylation sites is 2. The van der Waals surface area contributed by atoms with Gasteiger partial charge in [0.25, 0.3) is 15.9 Å². The SMILES string of the molecule is CCOc1ccccc1N(CC(=O)N/N=C\c1cc(C)n(-c2cccc(Cl)c2Cl)c1C)S(=O)(=O)c1ccc(Cl)cc1. The molecular weight excluding hydrogens is 607 g/mol. The molecule has 0 bridgehead atoms. The van der Waals surface area contributed by atoms with E-state index in [9.17, 15) is 13.2 Å². The molecule has 8 nitrogen and oxygen atoms in total. The first-order chi connectivity index (χ1) is 19.5. The predicted molar refractivity (Wildman–Crippen MR) is 165 cm³/mol. The minimum atomic E-state index is -4.18. The van der Waals surface area contributed by atoms with Crippen molar-refractivity contribution < 1.29 is 17.9 Å². The molecule has 1 heterocycles. The van der Waals surface area contributed by atoms with Gasteiger partial charge in [0, 0.05) is 22.0 Å². The summed E-state index contributed by atoms with van der Waals surface area (Å²) in [6, 6.07) is 19.6. The van der Waals surface area contributed by atoms with Gasteiger partial charge >= 0.3 is 0 Å². The number of hydrazone groups is 1. The van der Waals surface area contributed by atoms with Gasteiger partial charge in [0.15, 0.2) is 0 Å². The Bertz CT molecular complexity index is 1700. The quantitative estimate of drug-likeness (QED) is 0.154. The lowest BCUT2D eigenvalue weighted by Crippen LogP contribution is -2.39. The van der Waals surface area contributed by atoms with Crippen LogP contribution in [-0.4, -0.2) is 38.3 Å². The third kappa shape index (κ3) is 6.70. The fraction of sp³-hybridized carbons (Fsp3) is 0.172. The van der Waals surface area contributed by atoms with Crippen LogP contribution in [0.5, 0.6) is 5.75 Å². The van der Waals surface area contributed by atoms with Crippen LogP contribution in [0.1, 0.15) is 23.9 Å². The molecule has 41 heavy (non-hydrogen) atoms. The Morgan fingerprint density at radius 1 is 1.02 bits per heavy atom. The summed E-state index contributed by atoms with van der Waals surface area (Å²) in [6.07, 6.45) is 1.49. The zero-order valence-corrected chi connectivity index (χ0v) is 25.5. The number of benzene rings is 3. The molecule has 0 aliphatic rings. The zero-order chi connectivity index (χ0) is 29.7. The molecule has 4 rings (SSSR count). The van der Waals surface area contributed by atoms with Gasteiger partial charge in [0.05, 0.1) is 39.1 Å². The van der Waals surface area contributed by atoms with E-state index in [4.69, 9.17) is 39.5 Å². The van der Waals surface area contributed by atoms with Crippen LogP contribution in [0.15, 0.2) is 82.8 Å². The molecule has 0 spiro atoms. The second-order valence-electron chi connectivity index (χ2n) is 8.89. The number of carbonyl (C=O) groups is 1. The van der Waals surface area contributed by atoms with E-state index < -0.39 is 22.5 Å². The second kappa shape index (κ2) is 13.0. The molecule has 0 aliphatic heterocycles. The summed E-state index contributed by atoms with van der Waals surface area (Å²) in [4.78, 5) is 13.0. The fourth-order valence-corrected chi connectivity index (χ4v) is 6.21. The highest BCUT2D eigenvalue weighted by Crippen LogP contribution is 2.33. The topological polar surface area (TPSA) is 93.0 Å². The molecule has 4 aromatic rings. The fourth-order valence-electron chi connectivity index (χ4n) is 4.27. The van der Waals surface area contributed by atoms with Gasteiger partial charge in [-0.25, -0.2) is 13.8 Å². The normalized spacial score (nSPS) is 11.6. The Balaban J connectivity index is 1.60. The molecule has 3 aromatic carbocycles. The second-order valence-corrected chi connectivity index (χ2v) is 12.0. The molecule has 0 saturated heterocycles. The number of nitrogens with zero attached hydrogens (tertiary/aromatic N) is 3. The standard InChI is InChI=1S/C29H27Cl3N4O4S/c1-4-40-27-11-6-5-9-25(27)35(41(38,39)23-14-12-22(30)13-15-23)18-28(37)34-33-17-21-16-19(2)36(20(21)3)26-10-7-8-24(31)29(26)32/h5-17H,4,18H2,1-3H3,(H,34,37)/b33-17-. The van der Waals surface area contributed by atoms with Gasteiger partial charge in [-0.15, -0.1) is 0 Å². The number of amides is 1. The van der Waals surface area contributed by atoms with Gasteiger partial charge in [-0.2, -0.15) is 5.10 Å². The van der Waals surface area contributed by atoms with Crippen LogP contribution in [0.3, 0.4) is 0 Å². The molecule has 214 valence electrons. The summed E-state index contributed by atoms with van der Waals surface area (Å²) in [5.74, 6) is -0.340. The first kappa shape index (κ1) is 30.5. The summed E-state index contributed by atoms with van der Waals surface area (Å²) in [5.41, 5.74) is 5.80. The number of hydrogen-bond donors (Lipinski definition) is 1. The largest absolute Gasteiger partial charge is 0.492 e. The number of sulfonamides is 1. The van der Waals surface area contributed by atoms with Crippen molar-refractivity contribution in [2.45, 2.75) is 25.7 Å². The lowest BCUT2D eigenvalue weighted by atomic mass is 10.2. The summed E-state index contributed by atoms with van der Waals surface area (Å²) >= 11 is 18.6. The van der Waals surface area contributed by atoms with Crippen LogP contribution in [0, 0.1) is 13.8 Å². The maximum Gasteiger partial charge on any atom is 0.264 e. The summed E-state index contributed by atoms with van der Waals surface area (Å²) < 4.78 is 36.0. The van der Waals surface area contributed by atoms with Crippen molar-refractivity contribution in [2.75, 3.05) is 17.5 Å². The Labute approximate surface area is 254 Å². The summed E-state index contributed by atoms with van der Waals surface area (Å²) in [5, 5.41) is 5.33. The number of halogens is 3.